The molecule has 2 rings (SSSR count). The van der Waals surface area contributed by atoms with Crippen molar-refractivity contribution in [3.8, 4) is 0 Å². The molecule has 0 saturated carbocycles. The van der Waals surface area contributed by atoms with E-state index < -0.39 is 0 Å². The fraction of sp³-hybridized carbons (Fsp3) is 0.909. The number of carbonyl (C=O) groups excluding carboxylic acids is 1. The Morgan fingerprint density at radius 1 is 1.40 bits per heavy atom. The van der Waals surface area contributed by atoms with Crippen molar-refractivity contribution in [2.45, 2.75) is 38.3 Å². The van der Waals surface area contributed by atoms with E-state index in [1.54, 1.807) is 0 Å². The molecule has 0 spiro atoms. The second-order valence-corrected chi connectivity index (χ2v) is 4.40. The van der Waals surface area contributed by atoms with Crippen molar-refractivity contribution >= 4 is 5.91 Å². The van der Waals surface area contributed by atoms with Crippen LogP contribution in [-0.2, 0) is 9.53 Å². The minimum Gasteiger partial charge on any atom is -0.372 e. The highest BCUT2D eigenvalue weighted by atomic mass is 16.5. The van der Waals surface area contributed by atoms with E-state index in [0.29, 0.717) is 18.7 Å². The van der Waals surface area contributed by atoms with Crippen LogP contribution in [0.4, 0.5) is 0 Å². The molecule has 2 fully saturated rings. The average molecular weight is 212 g/mol. The van der Waals surface area contributed by atoms with Crippen LogP contribution >= 0.6 is 0 Å². The standard InChI is InChI=1S/C11H20N2O2/c1-2-15-8-11(14)13-6-5-9-3-4-10(7-13)12-9/h9-10,12H,2-8H2,1H3. The molecule has 2 aliphatic rings. The van der Waals surface area contributed by atoms with Crippen LogP contribution in [0.1, 0.15) is 26.2 Å². The minimum absolute atomic E-state index is 0.145. The normalized spacial score (nSPS) is 30.3. The summed E-state index contributed by atoms with van der Waals surface area (Å²) in [4.78, 5) is 13.7. The number of hydrogen-bond donors (Lipinski definition) is 1. The van der Waals surface area contributed by atoms with Crippen LogP contribution in [-0.4, -0.2) is 49.2 Å². The Kier molecular flexibility index (Phi) is 3.59. The monoisotopic (exact) mass is 212 g/mol. The lowest BCUT2D eigenvalue weighted by Crippen LogP contribution is -2.40. The number of ether oxygens (including phenoxy) is 1. The highest BCUT2D eigenvalue weighted by Crippen LogP contribution is 2.20. The molecule has 2 saturated heterocycles. The summed E-state index contributed by atoms with van der Waals surface area (Å²) >= 11 is 0. The van der Waals surface area contributed by atoms with Gasteiger partial charge in [-0.25, -0.2) is 0 Å². The van der Waals surface area contributed by atoms with E-state index in [4.69, 9.17) is 4.74 Å². The second kappa shape index (κ2) is 4.94. The Balaban J connectivity index is 1.84. The molecule has 0 aromatic carbocycles. The molecule has 4 nitrogen and oxygen atoms in total. The summed E-state index contributed by atoms with van der Waals surface area (Å²) in [5.74, 6) is 0.145. The molecule has 1 amide bonds. The first-order chi connectivity index (χ1) is 7.29. The summed E-state index contributed by atoms with van der Waals surface area (Å²) in [6, 6.07) is 1.16. The zero-order valence-electron chi connectivity index (χ0n) is 9.37. The Hall–Kier alpha value is -0.610. The Morgan fingerprint density at radius 3 is 3.00 bits per heavy atom. The van der Waals surface area contributed by atoms with E-state index in [9.17, 15) is 4.79 Å². The topological polar surface area (TPSA) is 41.6 Å². The third kappa shape index (κ3) is 2.69. The molecule has 2 atom stereocenters. The van der Waals surface area contributed by atoms with Crippen molar-refractivity contribution < 1.29 is 9.53 Å². The predicted octanol–water partition coefficient (Wildman–Crippen LogP) is 0.376. The van der Waals surface area contributed by atoms with E-state index in [1.165, 1.54) is 12.8 Å². The highest BCUT2D eigenvalue weighted by Gasteiger charge is 2.30. The summed E-state index contributed by atoms with van der Waals surface area (Å²) in [6.07, 6.45) is 3.58. The van der Waals surface area contributed by atoms with Crippen molar-refractivity contribution in [2.75, 3.05) is 26.3 Å². The number of fused-ring (bicyclic) bond motifs is 2. The van der Waals surface area contributed by atoms with Gasteiger partial charge in [-0.3, -0.25) is 4.79 Å². The number of hydrogen-bond acceptors (Lipinski definition) is 3. The molecular formula is C11H20N2O2. The minimum atomic E-state index is 0.145. The van der Waals surface area contributed by atoms with E-state index in [-0.39, 0.29) is 12.5 Å². The van der Waals surface area contributed by atoms with Gasteiger partial charge in [0.05, 0.1) is 0 Å². The molecular weight excluding hydrogens is 192 g/mol. The first-order valence-electron chi connectivity index (χ1n) is 5.91. The Labute approximate surface area is 91.0 Å². The smallest absolute Gasteiger partial charge is 0.248 e. The Morgan fingerprint density at radius 2 is 2.20 bits per heavy atom. The maximum atomic E-state index is 11.8. The van der Waals surface area contributed by atoms with Crippen LogP contribution in [0.5, 0.6) is 0 Å². The maximum absolute atomic E-state index is 11.8. The fourth-order valence-electron chi connectivity index (χ4n) is 2.45. The molecule has 0 aromatic rings. The molecule has 2 aliphatic heterocycles. The number of rotatable bonds is 3. The third-order valence-corrected chi connectivity index (χ3v) is 3.31. The first-order valence-corrected chi connectivity index (χ1v) is 5.91. The Bertz CT molecular complexity index is 233. The van der Waals surface area contributed by atoms with Crippen LogP contribution in [0, 0.1) is 0 Å². The summed E-state index contributed by atoms with van der Waals surface area (Å²) in [6.45, 7) is 4.53. The molecule has 2 unspecified atom stereocenters. The van der Waals surface area contributed by atoms with Gasteiger partial charge in [-0.1, -0.05) is 0 Å². The van der Waals surface area contributed by atoms with Gasteiger partial charge < -0.3 is 15.0 Å². The van der Waals surface area contributed by atoms with Crippen molar-refractivity contribution in [1.82, 2.24) is 10.2 Å². The van der Waals surface area contributed by atoms with E-state index >= 15 is 0 Å². The van der Waals surface area contributed by atoms with Crippen LogP contribution in [0.3, 0.4) is 0 Å². The second-order valence-electron chi connectivity index (χ2n) is 4.40. The van der Waals surface area contributed by atoms with Gasteiger partial charge in [0, 0.05) is 31.8 Å². The number of amides is 1. The van der Waals surface area contributed by atoms with Gasteiger partial charge in [0.2, 0.25) is 5.91 Å². The van der Waals surface area contributed by atoms with Gasteiger partial charge in [0.1, 0.15) is 6.61 Å². The van der Waals surface area contributed by atoms with Gasteiger partial charge in [-0.05, 0) is 26.2 Å². The van der Waals surface area contributed by atoms with Gasteiger partial charge in [0.15, 0.2) is 0 Å². The molecule has 2 heterocycles. The molecule has 0 aromatic heterocycles. The number of nitrogens with zero attached hydrogens (tertiary/aromatic N) is 1. The summed E-state index contributed by atoms with van der Waals surface area (Å²) in [7, 11) is 0. The van der Waals surface area contributed by atoms with E-state index in [2.05, 4.69) is 5.32 Å². The van der Waals surface area contributed by atoms with Crippen LogP contribution in [0.25, 0.3) is 0 Å². The lowest BCUT2D eigenvalue weighted by atomic mass is 10.1. The van der Waals surface area contributed by atoms with Gasteiger partial charge in [-0.2, -0.15) is 0 Å². The van der Waals surface area contributed by atoms with E-state index in [1.807, 2.05) is 11.8 Å². The molecule has 15 heavy (non-hydrogen) atoms. The fourth-order valence-corrected chi connectivity index (χ4v) is 2.45. The molecule has 4 heteroatoms. The number of carbonyl (C=O) groups is 1. The zero-order chi connectivity index (χ0) is 10.7. The van der Waals surface area contributed by atoms with Gasteiger partial charge in [-0.15, -0.1) is 0 Å². The first kappa shape index (κ1) is 10.9. The SMILES string of the molecule is CCOCC(=O)N1CCC2CCC(C1)N2. The van der Waals surface area contributed by atoms with Crippen LogP contribution < -0.4 is 5.32 Å². The summed E-state index contributed by atoms with van der Waals surface area (Å²) in [5.41, 5.74) is 0. The van der Waals surface area contributed by atoms with Crippen molar-refractivity contribution in [3.05, 3.63) is 0 Å². The molecule has 86 valence electrons. The highest BCUT2D eigenvalue weighted by molar-refractivity contribution is 5.77. The van der Waals surface area contributed by atoms with Crippen molar-refractivity contribution in [1.29, 1.82) is 0 Å². The molecule has 0 aliphatic carbocycles. The van der Waals surface area contributed by atoms with E-state index in [0.717, 1.165) is 19.5 Å². The van der Waals surface area contributed by atoms with Crippen molar-refractivity contribution in [3.63, 3.8) is 0 Å². The largest absolute Gasteiger partial charge is 0.372 e. The number of nitrogens with one attached hydrogen (secondary N) is 1. The van der Waals surface area contributed by atoms with Gasteiger partial charge in [0.25, 0.3) is 0 Å². The number of likely N-dealkylation sites (tertiary alicyclic amines) is 1. The van der Waals surface area contributed by atoms with Crippen LogP contribution in [0.15, 0.2) is 0 Å². The third-order valence-electron chi connectivity index (χ3n) is 3.31. The predicted molar refractivity (Wildman–Crippen MR) is 57.6 cm³/mol. The lowest BCUT2D eigenvalue weighted by Gasteiger charge is -2.24. The summed E-state index contributed by atoms with van der Waals surface area (Å²) < 4.78 is 5.16. The average Bonchev–Trinajstić information content (AvgIpc) is 2.55. The zero-order valence-corrected chi connectivity index (χ0v) is 9.37. The maximum Gasteiger partial charge on any atom is 0.248 e. The van der Waals surface area contributed by atoms with Gasteiger partial charge >= 0.3 is 0 Å². The summed E-state index contributed by atoms with van der Waals surface area (Å²) in [5, 5.41) is 3.56. The van der Waals surface area contributed by atoms with Crippen molar-refractivity contribution in [2.24, 2.45) is 0 Å². The lowest BCUT2D eigenvalue weighted by molar-refractivity contribution is -0.136. The quantitative estimate of drug-likeness (QED) is 0.735. The molecule has 1 N–H and O–H groups in total. The molecule has 0 radical (unpaired) electrons. The van der Waals surface area contributed by atoms with Crippen LogP contribution in [0.2, 0.25) is 0 Å². The molecule has 2 bridgehead atoms.